The van der Waals surface area contributed by atoms with Crippen LogP contribution in [0.2, 0.25) is 0 Å². The number of hydrogen-bond acceptors (Lipinski definition) is 4. The van der Waals surface area contributed by atoms with Crippen molar-refractivity contribution < 1.29 is 14.2 Å². The number of ether oxygens (including phenoxy) is 3. The highest BCUT2D eigenvalue weighted by molar-refractivity contribution is 9.10. The molecule has 0 amide bonds. The van der Waals surface area contributed by atoms with Crippen molar-refractivity contribution in [2.75, 3.05) is 26.4 Å². The van der Waals surface area contributed by atoms with Gasteiger partial charge in [-0.3, -0.25) is 0 Å². The molecule has 2 aliphatic heterocycles. The zero-order chi connectivity index (χ0) is 14.0. The molecule has 0 aromatic heterocycles. The Morgan fingerprint density at radius 1 is 1.25 bits per heavy atom. The Kier molecular flexibility index (Phi) is 4.19. The van der Waals surface area contributed by atoms with E-state index >= 15 is 0 Å². The highest BCUT2D eigenvalue weighted by atomic mass is 79.9. The van der Waals surface area contributed by atoms with Gasteiger partial charge in [-0.2, -0.15) is 0 Å². The fraction of sp³-hybridized carbons (Fsp3) is 0.600. The van der Waals surface area contributed by atoms with Crippen LogP contribution in [0.15, 0.2) is 16.6 Å². The van der Waals surface area contributed by atoms with Crippen molar-refractivity contribution >= 4 is 15.9 Å². The van der Waals surface area contributed by atoms with Crippen LogP contribution < -0.4 is 14.8 Å². The lowest BCUT2D eigenvalue weighted by Crippen LogP contribution is -2.36. The fourth-order valence-corrected chi connectivity index (χ4v) is 3.32. The Morgan fingerprint density at radius 2 is 2.10 bits per heavy atom. The van der Waals surface area contributed by atoms with E-state index in [-0.39, 0.29) is 5.60 Å². The van der Waals surface area contributed by atoms with Crippen molar-refractivity contribution in [3.63, 3.8) is 0 Å². The molecule has 4 nitrogen and oxygen atoms in total. The standard InChI is InChI=1S/C15H20BrNO3/c1-15(3-2-4-20-15)10-17-9-11-7-12(16)14-13(8-11)18-5-6-19-14/h7-8,17H,2-6,9-10H2,1H3. The van der Waals surface area contributed by atoms with Gasteiger partial charge in [-0.05, 0) is 53.4 Å². The van der Waals surface area contributed by atoms with Crippen molar-refractivity contribution in [1.29, 1.82) is 0 Å². The van der Waals surface area contributed by atoms with Gasteiger partial charge in [-0.15, -0.1) is 0 Å². The zero-order valence-corrected chi connectivity index (χ0v) is 13.3. The molecule has 1 aromatic rings. The minimum Gasteiger partial charge on any atom is -0.486 e. The number of fused-ring (bicyclic) bond motifs is 1. The third-order valence-corrected chi connectivity index (χ3v) is 4.37. The van der Waals surface area contributed by atoms with Gasteiger partial charge in [0.2, 0.25) is 0 Å². The summed E-state index contributed by atoms with van der Waals surface area (Å²) in [6.45, 7) is 5.95. The molecule has 0 aliphatic carbocycles. The summed E-state index contributed by atoms with van der Waals surface area (Å²) in [5.41, 5.74) is 1.17. The van der Waals surface area contributed by atoms with Crippen LogP contribution in [-0.2, 0) is 11.3 Å². The normalized spacial score (nSPS) is 24.9. The summed E-state index contributed by atoms with van der Waals surface area (Å²) in [5.74, 6) is 1.64. The lowest BCUT2D eigenvalue weighted by atomic mass is 10.0. The van der Waals surface area contributed by atoms with Crippen molar-refractivity contribution in [2.24, 2.45) is 0 Å². The average molecular weight is 342 g/mol. The molecular formula is C15H20BrNO3. The van der Waals surface area contributed by atoms with Gasteiger partial charge in [-0.1, -0.05) is 0 Å². The van der Waals surface area contributed by atoms with Crippen LogP contribution in [0, 0.1) is 0 Å². The monoisotopic (exact) mass is 341 g/mol. The van der Waals surface area contributed by atoms with Gasteiger partial charge in [0, 0.05) is 19.7 Å². The van der Waals surface area contributed by atoms with Crippen LogP contribution in [-0.4, -0.2) is 32.0 Å². The smallest absolute Gasteiger partial charge is 0.175 e. The number of rotatable bonds is 4. The van der Waals surface area contributed by atoms with Crippen molar-refractivity contribution in [1.82, 2.24) is 5.32 Å². The van der Waals surface area contributed by atoms with Crippen molar-refractivity contribution in [3.8, 4) is 11.5 Å². The molecule has 2 heterocycles. The Hall–Kier alpha value is -0.780. The highest BCUT2D eigenvalue weighted by Gasteiger charge is 2.29. The Bertz CT molecular complexity index is 486. The van der Waals surface area contributed by atoms with Crippen LogP contribution in [0.4, 0.5) is 0 Å². The minimum absolute atomic E-state index is 0.00888. The first kappa shape index (κ1) is 14.2. The second-order valence-electron chi connectivity index (χ2n) is 5.61. The molecule has 2 aliphatic rings. The van der Waals surface area contributed by atoms with Crippen LogP contribution in [0.3, 0.4) is 0 Å². The molecule has 110 valence electrons. The summed E-state index contributed by atoms with van der Waals surface area (Å²) in [6, 6.07) is 4.13. The molecule has 0 radical (unpaired) electrons. The van der Waals surface area contributed by atoms with E-state index in [1.165, 1.54) is 5.56 Å². The molecule has 0 saturated carbocycles. The number of halogens is 1. The largest absolute Gasteiger partial charge is 0.486 e. The molecule has 1 fully saturated rings. The van der Waals surface area contributed by atoms with E-state index < -0.39 is 0 Å². The van der Waals surface area contributed by atoms with E-state index in [0.717, 1.165) is 48.5 Å². The maximum absolute atomic E-state index is 5.78. The molecule has 0 spiro atoms. The summed E-state index contributed by atoms with van der Waals surface area (Å²) >= 11 is 3.54. The zero-order valence-electron chi connectivity index (χ0n) is 11.7. The quantitative estimate of drug-likeness (QED) is 0.913. The number of hydrogen-bond donors (Lipinski definition) is 1. The lowest BCUT2D eigenvalue weighted by molar-refractivity contribution is 0.0207. The maximum atomic E-state index is 5.78. The van der Waals surface area contributed by atoms with Gasteiger partial charge in [0.05, 0.1) is 10.1 Å². The summed E-state index contributed by atoms with van der Waals surface area (Å²) < 4.78 is 18.0. The first-order chi connectivity index (χ1) is 9.66. The summed E-state index contributed by atoms with van der Waals surface area (Å²) in [4.78, 5) is 0. The second kappa shape index (κ2) is 5.92. The Labute approximate surface area is 127 Å². The van der Waals surface area contributed by atoms with Crippen LogP contribution >= 0.6 is 15.9 Å². The van der Waals surface area contributed by atoms with E-state index in [1.54, 1.807) is 0 Å². The third kappa shape index (κ3) is 3.10. The topological polar surface area (TPSA) is 39.7 Å². The SMILES string of the molecule is CC1(CNCc2cc(Br)c3c(c2)OCCO3)CCCO1. The maximum Gasteiger partial charge on any atom is 0.175 e. The fourth-order valence-electron chi connectivity index (χ4n) is 2.71. The van der Waals surface area contributed by atoms with Crippen molar-refractivity contribution in [3.05, 3.63) is 22.2 Å². The van der Waals surface area contributed by atoms with E-state index in [4.69, 9.17) is 14.2 Å². The summed E-state index contributed by atoms with van der Waals surface area (Å²) in [5, 5.41) is 3.48. The molecule has 1 unspecified atom stereocenters. The molecule has 1 aromatic carbocycles. The van der Waals surface area contributed by atoms with Gasteiger partial charge >= 0.3 is 0 Å². The first-order valence-electron chi connectivity index (χ1n) is 7.09. The molecule has 1 saturated heterocycles. The summed E-state index contributed by atoms with van der Waals surface area (Å²) in [6.07, 6.45) is 2.29. The van der Waals surface area contributed by atoms with Crippen LogP contribution in [0.25, 0.3) is 0 Å². The van der Waals surface area contributed by atoms with E-state index in [9.17, 15) is 0 Å². The van der Waals surface area contributed by atoms with E-state index in [2.05, 4.69) is 34.2 Å². The van der Waals surface area contributed by atoms with Gasteiger partial charge in [0.1, 0.15) is 13.2 Å². The molecule has 3 rings (SSSR count). The van der Waals surface area contributed by atoms with Gasteiger partial charge in [0.25, 0.3) is 0 Å². The molecule has 1 N–H and O–H groups in total. The van der Waals surface area contributed by atoms with E-state index in [0.29, 0.717) is 13.2 Å². The number of benzene rings is 1. The molecule has 0 bridgehead atoms. The second-order valence-corrected chi connectivity index (χ2v) is 6.46. The first-order valence-corrected chi connectivity index (χ1v) is 7.88. The predicted molar refractivity (Wildman–Crippen MR) is 80.4 cm³/mol. The van der Waals surface area contributed by atoms with E-state index in [1.807, 2.05) is 6.07 Å². The minimum atomic E-state index is -0.00888. The number of nitrogens with one attached hydrogen (secondary N) is 1. The molecule has 1 atom stereocenters. The third-order valence-electron chi connectivity index (χ3n) is 3.79. The highest BCUT2D eigenvalue weighted by Crippen LogP contribution is 2.38. The molecule has 5 heteroatoms. The Morgan fingerprint density at radius 3 is 2.90 bits per heavy atom. The van der Waals surface area contributed by atoms with Crippen LogP contribution in [0.1, 0.15) is 25.3 Å². The van der Waals surface area contributed by atoms with Crippen LogP contribution in [0.5, 0.6) is 11.5 Å². The lowest BCUT2D eigenvalue weighted by Gasteiger charge is -2.24. The average Bonchev–Trinajstić information content (AvgIpc) is 2.86. The molecular weight excluding hydrogens is 322 g/mol. The van der Waals surface area contributed by atoms with Crippen molar-refractivity contribution in [2.45, 2.75) is 31.9 Å². The van der Waals surface area contributed by atoms with Gasteiger partial charge in [-0.25, -0.2) is 0 Å². The van der Waals surface area contributed by atoms with Gasteiger partial charge < -0.3 is 19.5 Å². The molecule has 20 heavy (non-hydrogen) atoms. The predicted octanol–water partition coefficient (Wildman–Crippen LogP) is 2.88. The summed E-state index contributed by atoms with van der Waals surface area (Å²) in [7, 11) is 0. The van der Waals surface area contributed by atoms with Gasteiger partial charge in [0.15, 0.2) is 11.5 Å². The Balaban J connectivity index is 1.61.